The van der Waals surface area contributed by atoms with Crippen molar-refractivity contribution < 1.29 is 13.3 Å². The largest absolute Gasteiger partial charge is 0.441 e. The van der Waals surface area contributed by atoms with Gasteiger partial charge in [0.05, 0.1) is 0 Å². The van der Waals surface area contributed by atoms with E-state index in [9.17, 15) is 4.39 Å². The number of nitrogens with zero attached hydrogens (tertiary/aromatic N) is 3. The topological polar surface area (TPSA) is 65.0 Å². The minimum Gasteiger partial charge on any atom is -0.441 e. The maximum absolute atomic E-state index is 13.7. The fourth-order valence-electron chi connectivity index (χ4n) is 2.37. The minimum absolute atomic E-state index is 0.273. The van der Waals surface area contributed by atoms with E-state index >= 15 is 0 Å². The number of rotatable bonds is 2. The molecular formula is C17H12FN3O2. The smallest absolute Gasteiger partial charge is 0.258 e. The highest BCUT2D eigenvalue weighted by atomic mass is 19.1. The van der Waals surface area contributed by atoms with Crippen LogP contribution in [0.25, 0.3) is 33.9 Å². The average Bonchev–Trinajstić information content (AvgIpc) is 3.14. The van der Waals surface area contributed by atoms with E-state index in [1.54, 1.807) is 26.0 Å². The molecule has 0 saturated heterocycles. The SMILES string of the molecule is Cc1nc2cc(-c3noc(-c4ccc(C)c(F)c4)n3)ccc2o1. The zero-order valence-corrected chi connectivity index (χ0v) is 12.5. The predicted molar refractivity (Wildman–Crippen MR) is 82.2 cm³/mol. The van der Waals surface area contributed by atoms with Gasteiger partial charge in [0.25, 0.3) is 5.89 Å². The van der Waals surface area contributed by atoms with Gasteiger partial charge >= 0.3 is 0 Å². The monoisotopic (exact) mass is 309 g/mol. The summed E-state index contributed by atoms with van der Waals surface area (Å²) in [5, 5.41) is 3.96. The summed E-state index contributed by atoms with van der Waals surface area (Å²) in [4.78, 5) is 8.62. The first-order chi connectivity index (χ1) is 11.1. The molecule has 0 N–H and O–H groups in total. The molecule has 6 heteroatoms. The van der Waals surface area contributed by atoms with Crippen LogP contribution in [0.5, 0.6) is 0 Å². The van der Waals surface area contributed by atoms with Gasteiger partial charge in [-0.25, -0.2) is 9.37 Å². The Balaban J connectivity index is 1.74. The molecule has 23 heavy (non-hydrogen) atoms. The number of hydrogen-bond donors (Lipinski definition) is 0. The van der Waals surface area contributed by atoms with Gasteiger partial charge in [-0.1, -0.05) is 11.2 Å². The molecule has 0 bridgehead atoms. The van der Waals surface area contributed by atoms with Gasteiger partial charge in [0.2, 0.25) is 5.82 Å². The molecule has 0 radical (unpaired) electrons. The van der Waals surface area contributed by atoms with Gasteiger partial charge in [0.1, 0.15) is 11.3 Å². The van der Waals surface area contributed by atoms with Crippen LogP contribution in [0.4, 0.5) is 4.39 Å². The summed E-state index contributed by atoms with van der Waals surface area (Å²) in [7, 11) is 0. The van der Waals surface area contributed by atoms with Gasteiger partial charge in [0, 0.05) is 18.1 Å². The maximum Gasteiger partial charge on any atom is 0.258 e. The standard InChI is InChI=1S/C17H12FN3O2/c1-9-3-4-12(7-13(9)18)17-20-16(21-23-17)11-5-6-15-14(8-11)19-10(2)22-15/h3-8H,1-2H3. The Hall–Kier alpha value is -3.02. The first-order valence-corrected chi connectivity index (χ1v) is 7.08. The molecule has 0 aliphatic carbocycles. The molecule has 0 saturated carbocycles. The van der Waals surface area contributed by atoms with Crippen LogP contribution in [-0.4, -0.2) is 15.1 Å². The van der Waals surface area contributed by atoms with Crippen molar-refractivity contribution in [1.29, 1.82) is 0 Å². The quantitative estimate of drug-likeness (QED) is 0.552. The molecule has 114 valence electrons. The zero-order chi connectivity index (χ0) is 16.0. The molecule has 0 atom stereocenters. The molecule has 2 aromatic carbocycles. The molecule has 2 aromatic heterocycles. The Morgan fingerprint density at radius 2 is 1.78 bits per heavy atom. The van der Waals surface area contributed by atoms with Crippen LogP contribution in [0, 0.1) is 19.7 Å². The third-order valence-corrected chi connectivity index (χ3v) is 3.60. The first kappa shape index (κ1) is 13.6. The Bertz CT molecular complexity index is 1020. The molecule has 4 aromatic rings. The Morgan fingerprint density at radius 1 is 0.957 bits per heavy atom. The summed E-state index contributed by atoms with van der Waals surface area (Å²) in [6.45, 7) is 3.49. The number of fused-ring (bicyclic) bond motifs is 1. The molecule has 0 fully saturated rings. The van der Waals surface area contributed by atoms with Crippen LogP contribution < -0.4 is 0 Å². The van der Waals surface area contributed by atoms with Gasteiger partial charge in [-0.2, -0.15) is 4.98 Å². The average molecular weight is 309 g/mol. The number of aromatic nitrogens is 3. The van der Waals surface area contributed by atoms with Gasteiger partial charge in [-0.3, -0.25) is 0 Å². The summed E-state index contributed by atoms with van der Waals surface area (Å²) in [6, 6.07) is 10.3. The predicted octanol–water partition coefficient (Wildman–Crippen LogP) is 4.30. The molecule has 0 aliphatic heterocycles. The fraction of sp³-hybridized carbons (Fsp3) is 0.118. The third kappa shape index (κ3) is 2.38. The number of benzene rings is 2. The first-order valence-electron chi connectivity index (χ1n) is 7.08. The van der Waals surface area contributed by atoms with E-state index in [4.69, 9.17) is 8.94 Å². The number of halogens is 1. The van der Waals surface area contributed by atoms with Crippen LogP contribution in [0.15, 0.2) is 45.3 Å². The Labute approximate surface area is 130 Å². The second kappa shape index (κ2) is 5.01. The lowest BCUT2D eigenvalue weighted by molar-refractivity contribution is 0.432. The molecule has 0 amide bonds. The lowest BCUT2D eigenvalue weighted by atomic mass is 10.1. The number of oxazole rings is 1. The Morgan fingerprint density at radius 3 is 2.61 bits per heavy atom. The number of aryl methyl sites for hydroxylation is 2. The van der Waals surface area contributed by atoms with Crippen molar-refractivity contribution in [2.24, 2.45) is 0 Å². The van der Waals surface area contributed by atoms with Crippen molar-refractivity contribution in [3.05, 3.63) is 53.7 Å². The van der Waals surface area contributed by atoms with Crippen molar-refractivity contribution >= 4 is 11.1 Å². The summed E-state index contributed by atoms with van der Waals surface area (Å²) in [5.41, 5.74) is 3.31. The van der Waals surface area contributed by atoms with Crippen LogP contribution in [0.3, 0.4) is 0 Å². The summed E-state index contributed by atoms with van der Waals surface area (Å²) >= 11 is 0. The molecule has 4 rings (SSSR count). The van der Waals surface area contributed by atoms with Crippen LogP contribution >= 0.6 is 0 Å². The second-order valence-electron chi connectivity index (χ2n) is 5.30. The fourth-order valence-corrected chi connectivity index (χ4v) is 2.37. The maximum atomic E-state index is 13.7. The molecule has 2 heterocycles. The van der Waals surface area contributed by atoms with E-state index in [1.165, 1.54) is 6.07 Å². The summed E-state index contributed by atoms with van der Waals surface area (Å²) < 4.78 is 24.3. The highest BCUT2D eigenvalue weighted by Gasteiger charge is 2.13. The lowest BCUT2D eigenvalue weighted by Crippen LogP contribution is -1.85. The minimum atomic E-state index is -0.304. The van der Waals surface area contributed by atoms with E-state index < -0.39 is 0 Å². The molecular weight excluding hydrogens is 297 g/mol. The van der Waals surface area contributed by atoms with Crippen LogP contribution in [-0.2, 0) is 0 Å². The van der Waals surface area contributed by atoms with Crippen molar-refractivity contribution in [1.82, 2.24) is 15.1 Å². The van der Waals surface area contributed by atoms with Gasteiger partial charge in [-0.05, 0) is 42.8 Å². The van der Waals surface area contributed by atoms with Crippen molar-refractivity contribution in [3.8, 4) is 22.8 Å². The molecule has 0 spiro atoms. The third-order valence-electron chi connectivity index (χ3n) is 3.60. The van der Waals surface area contributed by atoms with Gasteiger partial charge in [-0.15, -0.1) is 0 Å². The van der Waals surface area contributed by atoms with Crippen molar-refractivity contribution in [2.75, 3.05) is 0 Å². The summed E-state index contributed by atoms with van der Waals surface area (Å²) in [5.74, 6) is 0.988. The Kier molecular flexibility index (Phi) is 2.97. The summed E-state index contributed by atoms with van der Waals surface area (Å²) in [6.07, 6.45) is 0. The van der Waals surface area contributed by atoms with E-state index in [2.05, 4.69) is 15.1 Å². The zero-order valence-electron chi connectivity index (χ0n) is 12.5. The normalized spacial score (nSPS) is 11.3. The molecule has 5 nitrogen and oxygen atoms in total. The van der Waals surface area contributed by atoms with E-state index in [-0.39, 0.29) is 11.7 Å². The highest BCUT2D eigenvalue weighted by Crippen LogP contribution is 2.26. The van der Waals surface area contributed by atoms with Crippen LogP contribution in [0.2, 0.25) is 0 Å². The van der Waals surface area contributed by atoms with E-state index in [0.29, 0.717) is 28.4 Å². The van der Waals surface area contributed by atoms with Crippen molar-refractivity contribution in [2.45, 2.75) is 13.8 Å². The number of hydrogen-bond acceptors (Lipinski definition) is 5. The van der Waals surface area contributed by atoms with Gasteiger partial charge < -0.3 is 8.94 Å². The van der Waals surface area contributed by atoms with Gasteiger partial charge in [0.15, 0.2) is 11.5 Å². The van der Waals surface area contributed by atoms with Crippen molar-refractivity contribution in [3.63, 3.8) is 0 Å². The molecule has 0 unspecified atom stereocenters. The van der Waals surface area contributed by atoms with E-state index in [0.717, 1.165) is 11.1 Å². The highest BCUT2D eigenvalue weighted by molar-refractivity contribution is 5.78. The molecule has 0 aliphatic rings. The lowest BCUT2D eigenvalue weighted by Gasteiger charge is -1.97. The van der Waals surface area contributed by atoms with Crippen LogP contribution in [0.1, 0.15) is 11.5 Å². The second-order valence-corrected chi connectivity index (χ2v) is 5.30. The van der Waals surface area contributed by atoms with E-state index in [1.807, 2.05) is 18.2 Å².